The number of nitrogens with one attached hydrogen (secondary N) is 3. The Labute approximate surface area is 178 Å². The number of anilines is 2. The summed E-state index contributed by atoms with van der Waals surface area (Å²) in [5, 5.41) is 2.39. The molecule has 2 aromatic carbocycles. The summed E-state index contributed by atoms with van der Waals surface area (Å²) in [6, 6.07) is 6.49. The lowest BCUT2D eigenvalue weighted by Gasteiger charge is -2.18. The van der Waals surface area contributed by atoms with Gasteiger partial charge in [0.25, 0.3) is 0 Å². The summed E-state index contributed by atoms with van der Waals surface area (Å²) < 4.78 is 91.3. The molecule has 2 rings (SSSR count). The predicted molar refractivity (Wildman–Crippen MR) is 110 cm³/mol. The van der Waals surface area contributed by atoms with Crippen LogP contribution in [0, 0.1) is 6.92 Å². The van der Waals surface area contributed by atoms with Gasteiger partial charge in [-0.05, 0) is 43.7 Å². The number of alkyl halides is 3. The molecule has 0 bridgehead atoms. The van der Waals surface area contributed by atoms with Crippen LogP contribution < -0.4 is 14.8 Å². The van der Waals surface area contributed by atoms with Gasteiger partial charge in [-0.1, -0.05) is 18.2 Å². The van der Waals surface area contributed by atoms with E-state index in [4.69, 9.17) is 0 Å². The average molecular weight is 480 g/mol. The van der Waals surface area contributed by atoms with E-state index in [0.29, 0.717) is 11.6 Å². The molecule has 3 N–H and O–H groups in total. The summed E-state index contributed by atoms with van der Waals surface area (Å²) in [6.45, 7) is 2.79. The van der Waals surface area contributed by atoms with Crippen molar-refractivity contribution in [2.24, 2.45) is 0 Å². The number of carbonyl (C=O) groups excluding carboxylic acids is 1. The van der Waals surface area contributed by atoms with E-state index in [0.717, 1.165) is 31.4 Å². The van der Waals surface area contributed by atoms with Crippen molar-refractivity contribution in [1.82, 2.24) is 4.72 Å². The zero-order chi connectivity index (χ0) is 23.6. The van der Waals surface area contributed by atoms with Crippen molar-refractivity contribution in [3.05, 3.63) is 53.6 Å². The van der Waals surface area contributed by atoms with Crippen molar-refractivity contribution in [2.75, 3.05) is 16.3 Å². The second-order valence-corrected chi connectivity index (χ2v) is 10.2. The van der Waals surface area contributed by atoms with Crippen LogP contribution in [0.15, 0.2) is 47.4 Å². The number of benzene rings is 2. The minimum absolute atomic E-state index is 0.156. The van der Waals surface area contributed by atoms with Gasteiger partial charge in [-0.15, -0.1) is 0 Å². The van der Waals surface area contributed by atoms with Crippen LogP contribution in [0.25, 0.3) is 0 Å². The van der Waals surface area contributed by atoms with Gasteiger partial charge in [0.1, 0.15) is 0 Å². The van der Waals surface area contributed by atoms with Crippen LogP contribution in [0.4, 0.5) is 24.5 Å². The number of carbonyl (C=O) groups is 1. The normalized spacial score (nSPS) is 13.5. The van der Waals surface area contributed by atoms with Gasteiger partial charge in [0.15, 0.2) is 0 Å². The first kappa shape index (κ1) is 24.6. The smallest absolute Gasteiger partial charge is 0.325 e. The van der Waals surface area contributed by atoms with Crippen molar-refractivity contribution in [1.29, 1.82) is 0 Å². The van der Waals surface area contributed by atoms with E-state index in [9.17, 15) is 34.8 Å². The molecule has 0 unspecified atom stereocenters. The fraction of sp³-hybridized carbons (Fsp3) is 0.278. The van der Waals surface area contributed by atoms with E-state index in [1.54, 1.807) is 6.92 Å². The van der Waals surface area contributed by atoms with Crippen LogP contribution in [-0.4, -0.2) is 35.0 Å². The van der Waals surface area contributed by atoms with E-state index in [1.807, 2.05) is 4.72 Å². The highest BCUT2D eigenvalue weighted by Crippen LogP contribution is 2.34. The Hall–Kier alpha value is -2.64. The molecule has 0 heterocycles. The molecule has 2 aromatic rings. The maximum atomic E-state index is 13.1. The van der Waals surface area contributed by atoms with Crippen molar-refractivity contribution in [2.45, 2.75) is 31.0 Å². The number of hydrogen-bond donors (Lipinski definition) is 3. The minimum Gasteiger partial charge on any atom is -0.325 e. The lowest BCUT2D eigenvalue weighted by Crippen LogP contribution is -2.42. The molecule has 1 amide bonds. The molecule has 1 atom stereocenters. The van der Waals surface area contributed by atoms with Crippen LogP contribution in [0.5, 0.6) is 0 Å². The molecule has 170 valence electrons. The third kappa shape index (κ3) is 6.67. The van der Waals surface area contributed by atoms with Crippen molar-refractivity contribution >= 4 is 37.3 Å². The first-order valence-electron chi connectivity index (χ1n) is 8.68. The van der Waals surface area contributed by atoms with E-state index >= 15 is 0 Å². The monoisotopic (exact) mass is 479 g/mol. The van der Waals surface area contributed by atoms with Crippen molar-refractivity contribution in [3.8, 4) is 0 Å². The molecular weight excluding hydrogens is 459 g/mol. The highest BCUT2D eigenvalue weighted by molar-refractivity contribution is 7.92. The molecule has 8 nitrogen and oxygen atoms in total. The van der Waals surface area contributed by atoms with Gasteiger partial charge >= 0.3 is 6.18 Å². The number of rotatable bonds is 7. The summed E-state index contributed by atoms with van der Waals surface area (Å²) in [5.41, 5.74) is -0.429. The molecule has 31 heavy (non-hydrogen) atoms. The van der Waals surface area contributed by atoms with Gasteiger partial charge in [-0.3, -0.25) is 9.52 Å². The Morgan fingerprint density at radius 1 is 1.03 bits per heavy atom. The predicted octanol–water partition coefficient (Wildman–Crippen LogP) is 2.69. The Kier molecular flexibility index (Phi) is 7.03. The Bertz CT molecular complexity index is 1200. The third-order valence-electron chi connectivity index (χ3n) is 4.01. The highest BCUT2D eigenvalue weighted by Gasteiger charge is 2.37. The van der Waals surface area contributed by atoms with Crippen LogP contribution in [0.1, 0.15) is 18.1 Å². The Morgan fingerprint density at radius 3 is 2.23 bits per heavy atom. The summed E-state index contributed by atoms with van der Waals surface area (Å²) in [6.07, 6.45) is -3.95. The number of amides is 1. The molecule has 0 spiro atoms. The molecule has 0 aromatic heterocycles. The first-order chi connectivity index (χ1) is 14.1. The SMILES string of the molecule is Cc1ccc(NC(=O)[C@H](C)NS(=O)(=O)c2ccccc2C(F)(F)F)cc1NS(C)(=O)=O. The molecule has 0 fully saturated rings. The van der Waals surface area contributed by atoms with E-state index < -0.39 is 48.6 Å². The molecule has 0 radical (unpaired) electrons. The molecular formula is C18H20F3N3O5S2. The first-order valence-corrected chi connectivity index (χ1v) is 12.1. The fourth-order valence-electron chi connectivity index (χ4n) is 2.54. The van der Waals surface area contributed by atoms with Gasteiger partial charge in [-0.2, -0.15) is 17.9 Å². The van der Waals surface area contributed by atoms with E-state index in [2.05, 4.69) is 10.0 Å². The number of sulfonamides is 2. The van der Waals surface area contributed by atoms with Gasteiger partial charge in [0, 0.05) is 5.69 Å². The molecule has 0 aliphatic rings. The Balaban J connectivity index is 2.21. The fourth-order valence-corrected chi connectivity index (χ4v) is 4.59. The summed E-state index contributed by atoms with van der Waals surface area (Å²) in [5.74, 6) is -0.859. The zero-order valence-electron chi connectivity index (χ0n) is 16.6. The second-order valence-electron chi connectivity index (χ2n) is 6.73. The topological polar surface area (TPSA) is 121 Å². The van der Waals surface area contributed by atoms with E-state index in [-0.39, 0.29) is 11.4 Å². The van der Waals surface area contributed by atoms with Crippen molar-refractivity contribution in [3.63, 3.8) is 0 Å². The van der Waals surface area contributed by atoms with Crippen LogP contribution in [-0.2, 0) is 31.0 Å². The van der Waals surface area contributed by atoms with Crippen LogP contribution >= 0.6 is 0 Å². The van der Waals surface area contributed by atoms with Crippen LogP contribution in [0.3, 0.4) is 0 Å². The van der Waals surface area contributed by atoms with Gasteiger partial charge in [0.05, 0.1) is 28.4 Å². The summed E-state index contributed by atoms with van der Waals surface area (Å²) >= 11 is 0. The minimum atomic E-state index is -4.90. The standard InChI is InChI=1S/C18H20F3N3O5S2/c1-11-8-9-13(10-15(11)24-30(3,26)27)22-17(25)12(2)23-31(28,29)16-7-5-4-6-14(16)18(19,20)21/h4-10,12,23-24H,1-3H3,(H,22,25)/t12-/m0/s1. The molecule has 13 heteroatoms. The van der Waals surface area contributed by atoms with Gasteiger partial charge < -0.3 is 5.32 Å². The quantitative estimate of drug-likeness (QED) is 0.564. The molecule has 0 aliphatic heterocycles. The van der Waals surface area contributed by atoms with Crippen molar-refractivity contribution < 1.29 is 34.8 Å². The number of halogens is 3. The summed E-state index contributed by atoms with van der Waals surface area (Å²) in [4.78, 5) is 11.4. The summed E-state index contributed by atoms with van der Waals surface area (Å²) in [7, 11) is -8.25. The van der Waals surface area contributed by atoms with Crippen LogP contribution in [0.2, 0.25) is 0 Å². The van der Waals surface area contributed by atoms with E-state index in [1.165, 1.54) is 18.2 Å². The number of aryl methyl sites for hydroxylation is 1. The van der Waals surface area contributed by atoms with Gasteiger partial charge in [0.2, 0.25) is 26.0 Å². The second kappa shape index (κ2) is 8.85. The zero-order valence-corrected chi connectivity index (χ0v) is 18.2. The maximum absolute atomic E-state index is 13.1. The number of hydrogen-bond acceptors (Lipinski definition) is 5. The molecule has 0 saturated heterocycles. The maximum Gasteiger partial charge on any atom is 0.417 e. The third-order valence-corrected chi connectivity index (χ3v) is 6.20. The average Bonchev–Trinajstić information content (AvgIpc) is 2.62. The molecule has 0 saturated carbocycles. The van der Waals surface area contributed by atoms with Gasteiger partial charge in [-0.25, -0.2) is 16.8 Å². The lowest BCUT2D eigenvalue weighted by atomic mass is 10.2. The lowest BCUT2D eigenvalue weighted by molar-refractivity contribution is -0.139. The highest BCUT2D eigenvalue weighted by atomic mass is 32.2. The largest absolute Gasteiger partial charge is 0.417 e. The molecule has 0 aliphatic carbocycles. The Morgan fingerprint density at radius 2 is 1.65 bits per heavy atom.